The number of aromatic nitrogens is 1. The Bertz CT molecular complexity index is 908. The van der Waals surface area contributed by atoms with Crippen molar-refractivity contribution >= 4 is 24.1 Å². The van der Waals surface area contributed by atoms with E-state index in [1.807, 2.05) is 64.6 Å². The van der Waals surface area contributed by atoms with Gasteiger partial charge in [-0.2, -0.15) is 0 Å². The summed E-state index contributed by atoms with van der Waals surface area (Å²) in [6, 6.07) is 5.63. The van der Waals surface area contributed by atoms with Crippen molar-refractivity contribution in [1.82, 2.24) is 19.7 Å². The molecule has 3 amide bonds. The molecule has 1 aromatic rings. The second-order valence-electron chi connectivity index (χ2n) is 12.6. The van der Waals surface area contributed by atoms with Crippen LogP contribution in [0.15, 0.2) is 24.4 Å². The van der Waals surface area contributed by atoms with Crippen LogP contribution in [-0.2, 0) is 14.2 Å². The van der Waals surface area contributed by atoms with Crippen LogP contribution in [0.4, 0.5) is 20.2 Å². The van der Waals surface area contributed by atoms with Gasteiger partial charge in [0.1, 0.15) is 22.6 Å². The van der Waals surface area contributed by atoms with E-state index in [-0.39, 0.29) is 26.2 Å². The predicted octanol–water partition coefficient (Wildman–Crippen LogP) is 4.61. The van der Waals surface area contributed by atoms with E-state index < -0.39 is 35.1 Å². The normalized spacial score (nSPS) is 16.6. The monoisotopic (exact) mass is 549 g/mol. The highest BCUT2D eigenvalue weighted by Gasteiger charge is 2.29. The Hall–Kier alpha value is -3.24. The second kappa shape index (κ2) is 13.2. The number of hydrogen-bond acceptors (Lipinski definition) is 8. The first kappa shape index (κ1) is 32.0. The lowest BCUT2D eigenvalue weighted by atomic mass is 10.2. The van der Waals surface area contributed by atoms with E-state index in [0.717, 1.165) is 5.82 Å². The van der Waals surface area contributed by atoms with Gasteiger partial charge in [0.2, 0.25) is 0 Å². The Morgan fingerprint density at radius 2 is 0.923 bits per heavy atom. The largest absolute Gasteiger partial charge is 0.444 e. The molecule has 220 valence electrons. The maximum Gasteiger partial charge on any atom is 0.410 e. The molecule has 0 spiro atoms. The number of amides is 3. The van der Waals surface area contributed by atoms with Gasteiger partial charge < -0.3 is 33.8 Å². The van der Waals surface area contributed by atoms with Crippen LogP contribution >= 0.6 is 0 Å². The van der Waals surface area contributed by atoms with E-state index in [1.54, 1.807) is 36.8 Å². The summed E-state index contributed by atoms with van der Waals surface area (Å²) in [5.41, 5.74) is -2.03. The molecule has 1 aliphatic heterocycles. The van der Waals surface area contributed by atoms with Crippen molar-refractivity contribution in [1.29, 1.82) is 0 Å². The lowest BCUT2D eigenvalue weighted by Crippen LogP contribution is -2.51. The van der Waals surface area contributed by atoms with Crippen molar-refractivity contribution in [3.63, 3.8) is 0 Å². The predicted molar refractivity (Wildman–Crippen MR) is 150 cm³/mol. The summed E-state index contributed by atoms with van der Waals surface area (Å²) in [7, 11) is 0. The molecule has 0 radical (unpaired) electrons. The average Bonchev–Trinajstić information content (AvgIpc) is 2.76. The smallest absolute Gasteiger partial charge is 0.410 e. The molecule has 1 aromatic heterocycles. The van der Waals surface area contributed by atoms with Gasteiger partial charge in [0.05, 0.1) is 0 Å². The van der Waals surface area contributed by atoms with Gasteiger partial charge in [0.15, 0.2) is 0 Å². The van der Waals surface area contributed by atoms with Gasteiger partial charge >= 0.3 is 18.3 Å². The van der Waals surface area contributed by atoms with Crippen LogP contribution in [0.2, 0.25) is 0 Å². The number of ether oxygens (including phenoxy) is 3. The molecule has 2 heterocycles. The molecule has 1 saturated heterocycles. The molecule has 0 aliphatic carbocycles. The highest BCUT2D eigenvalue weighted by Crippen LogP contribution is 2.16. The van der Waals surface area contributed by atoms with Gasteiger partial charge in [-0.15, -0.1) is 0 Å². The molecule has 0 bridgehead atoms. The van der Waals surface area contributed by atoms with E-state index in [0.29, 0.717) is 26.2 Å². The first-order valence-electron chi connectivity index (χ1n) is 13.5. The number of anilines is 1. The summed E-state index contributed by atoms with van der Waals surface area (Å²) < 4.78 is 17.0. The Morgan fingerprint density at radius 1 is 0.590 bits per heavy atom. The highest BCUT2D eigenvalue weighted by atomic mass is 16.6. The van der Waals surface area contributed by atoms with Crippen LogP contribution in [0.25, 0.3) is 0 Å². The molecule has 1 aliphatic rings. The van der Waals surface area contributed by atoms with Gasteiger partial charge in [0, 0.05) is 58.6 Å². The minimum Gasteiger partial charge on any atom is -0.444 e. The second-order valence-corrected chi connectivity index (χ2v) is 12.6. The maximum absolute atomic E-state index is 13.1. The van der Waals surface area contributed by atoms with Gasteiger partial charge in [0.25, 0.3) is 0 Å². The summed E-state index contributed by atoms with van der Waals surface area (Å²) in [6.45, 7) is 18.8. The maximum atomic E-state index is 13.1. The van der Waals surface area contributed by atoms with Crippen LogP contribution in [0.1, 0.15) is 62.3 Å². The van der Waals surface area contributed by atoms with Crippen molar-refractivity contribution in [2.45, 2.75) is 79.1 Å². The first-order valence-corrected chi connectivity index (χ1v) is 13.5. The molecule has 2 rings (SSSR count). The lowest BCUT2D eigenvalue weighted by molar-refractivity contribution is 0.00806. The fraction of sp³-hybridized carbons (Fsp3) is 0.714. The Balaban J connectivity index is 2.37. The molecule has 0 atom stereocenters. The molecular formula is C28H47N5O6. The van der Waals surface area contributed by atoms with Crippen molar-refractivity contribution in [2.24, 2.45) is 0 Å². The minimum absolute atomic E-state index is 0.208. The van der Waals surface area contributed by atoms with E-state index in [1.165, 1.54) is 4.90 Å². The number of rotatable bonds is 1. The Morgan fingerprint density at radius 3 is 1.21 bits per heavy atom. The summed E-state index contributed by atoms with van der Waals surface area (Å²) in [5, 5.41) is 0. The third kappa shape index (κ3) is 12.0. The van der Waals surface area contributed by atoms with Crippen molar-refractivity contribution in [3.05, 3.63) is 24.4 Å². The molecule has 11 heteroatoms. The number of carbonyl (C=O) groups is 3. The SMILES string of the molecule is CC(C)(C)OC(=O)N1CCN(C(=O)OC(C)(C)C)CCN(c2ccccn2)CCN(C(=O)OC(C)(C)C)CC1. The van der Waals surface area contributed by atoms with E-state index in [9.17, 15) is 14.4 Å². The van der Waals surface area contributed by atoms with E-state index in [2.05, 4.69) is 4.98 Å². The zero-order valence-electron chi connectivity index (χ0n) is 25.2. The molecule has 0 aromatic carbocycles. The first-order chi connectivity index (χ1) is 17.9. The summed E-state index contributed by atoms with van der Waals surface area (Å²) in [6.07, 6.45) is 0.282. The quantitative estimate of drug-likeness (QED) is 0.468. The Labute approximate surface area is 233 Å². The van der Waals surface area contributed by atoms with Gasteiger partial charge in [-0.05, 0) is 74.4 Å². The number of nitrogens with zero attached hydrogens (tertiary/aromatic N) is 5. The van der Waals surface area contributed by atoms with Crippen LogP contribution in [0, 0.1) is 0 Å². The minimum atomic E-state index is -0.695. The number of pyridine rings is 1. The summed E-state index contributed by atoms with van der Waals surface area (Å²) >= 11 is 0. The zero-order chi connectivity index (χ0) is 29.4. The number of carbonyl (C=O) groups excluding carboxylic acids is 3. The summed E-state index contributed by atoms with van der Waals surface area (Å²) in [4.78, 5) is 50.6. The third-order valence-corrected chi connectivity index (χ3v) is 5.49. The van der Waals surface area contributed by atoms with E-state index >= 15 is 0 Å². The fourth-order valence-electron chi connectivity index (χ4n) is 3.71. The molecule has 39 heavy (non-hydrogen) atoms. The van der Waals surface area contributed by atoms with Crippen LogP contribution in [0.5, 0.6) is 0 Å². The standard InChI is InChI=1S/C28H47N5O6/c1-26(2,3)37-23(34)31-16-14-30(22-12-10-11-13-29-22)15-17-32(24(35)38-27(4,5)6)19-21-33(20-18-31)25(36)39-28(7,8)9/h10-13H,14-21H2,1-9H3. The topological polar surface area (TPSA) is 105 Å². The van der Waals surface area contributed by atoms with Gasteiger partial charge in [-0.25, -0.2) is 19.4 Å². The van der Waals surface area contributed by atoms with Gasteiger partial charge in [-0.1, -0.05) is 6.07 Å². The summed E-state index contributed by atoms with van der Waals surface area (Å²) in [5.74, 6) is 0.734. The van der Waals surface area contributed by atoms with Crippen molar-refractivity contribution < 1.29 is 28.6 Å². The fourth-order valence-corrected chi connectivity index (χ4v) is 3.71. The Kier molecular flexibility index (Phi) is 10.8. The molecule has 1 fully saturated rings. The average molecular weight is 550 g/mol. The molecule has 0 unspecified atom stereocenters. The molecule has 0 N–H and O–H groups in total. The van der Waals surface area contributed by atoms with Crippen LogP contribution in [-0.4, -0.2) is 107 Å². The van der Waals surface area contributed by atoms with Crippen molar-refractivity contribution in [3.8, 4) is 0 Å². The molecule has 11 nitrogen and oxygen atoms in total. The third-order valence-electron chi connectivity index (χ3n) is 5.49. The van der Waals surface area contributed by atoms with Gasteiger partial charge in [-0.3, -0.25) is 0 Å². The van der Waals surface area contributed by atoms with Crippen LogP contribution in [0.3, 0.4) is 0 Å². The van der Waals surface area contributed by atoms with E-state index in [4.69, 9.17) is 14.2 Å². The number of hydrogen-bond donors (Lipinski definition) is 0. The zero-order valence-corrected chi connectivity index (χ0v) is 25.2. The highest BCUT2D eigenvalue weighted by molar-refractivity contribution is 5.70. The van der Waals surface area contributed by atoms with Crippen LogP contribution < -0.4 is 4.90 Å². The molecule has 0 saturated carbocycles. The van der Waals surface area contributed by atoms with Crippen molar-refractivity contribution in [2.75, 3.05) is 57.3 Å². The molecular weight excluding hydrogens is 502 g/mol. The lowest BCUT2D eigenvalue weighted by Gasteiger charge is -2.36.